The molecule has 1 saturated carbocycles. The van der Waals surface area contributed by atoms with Gasteiger partial charge in [-0.25, -0.2) is 9.18 Å². The van der Waals surface area contributed by atoms with Crippen LogP contribution in [0.5, 0.6) is 0 Å². The Hall–Kier alpha value is -1.95. The first-order chi connectivity index (χ1) is 10.5. The number of methoxy groups -OCH3 is 1. The fourth-order valence-corrected chi connectivity index (χ4v) is 3.07. The number of hydrogen-bond donors (Lipinski definition) is 2. The molecule has 2 rings (SSSR count). The molecule has 5 nitrogen and oxygen atoms in total. The molecule has 0 saturated heterocycles. The molecule has 1 aromatic carbocycles. The van der Waals surface area contributed by atoms with E-state index in [0.717, 1.165) is 12.8 Å². The van der Waals surface area contributed by atoms with Gasteiger partial charge in [-0.1, -0.05) is 31.0 Å². The van der Waals surface area contributed by atoms with Crippen LogP contribution < -0.4 is 5.32 Å². The standard InChI is InChI=1S/C16H20FNO4/c1-22-13(14(19)20)10-18-15(21)16(8-4-5-9-16)11-6-2-3-7-12(11)17/h2-3,6-7,13H,4-5,8-10H2,1H3,(H,18,21)(H,19,20). The maximum absolute atomic E-state index is 14.1. The van der Waals surface area contributed by atoms with E-state index in [-0.39, 0.29) is 12.5 Å². The number of aliphatic carboxylic acids is 1. The largest absolute Gasteiger partial charge is 0.479 e. The second kappa shape index (κ2) is 6.87. The third-order valence-electron chi connectivity index (χ3n) is 4.29. The summed E-state index contributed by atoms with van der Waals surface area (Å²) < 4.78 is 18.9. The van der Waals surface area contributed by atoms with Crippen LogP contribution in [-0.2, 0) is 19.7 Å². The summed E-state index contributed by atoms with van der Waals surface area (Å²) in [6.07, 6.45) is 1.70. The molecule has 1 atom stereocenters. The van der Waals surface area contributed by atoms with Crippen molar-refractivity contribution in [1.82, 2.24) is 5.32 Å². The van der Waals surface area contributed by atoms with Gasteiger partial charge in [0, 0.05) is 12.7 Å². The Morgan fingerprint density at radius 1 is 1.36 bits per heavy atom. The molecule has 1 aliphatic carbocycles. The molecule has 6 heteroatoms. The fraction of sp³-hybridized carbons (Fsp3) is 0.500. The maximum atomic E-state index is 14.1. The number of rotatable bonds is 6. The van der Waals surface area contributed by atoms with Gasteiger partial charge in [-0.2, -0.15) is 0 Å². The van der Waals surface area contributed by atoms with Crippen molar-refractivity contribution in [3.05, 3.63) is 35.6 Å². The van der Waals surface area contributed by atoms with Gasteiger partial charge in [-0.15, -0.1) is 0 Å². The third kappa shape index (κ3) is 3.11. The Labute approximate surface area is 128 Å². The van der Waals surface area contributed by atoms with Crippen LogP contribution in [0.1, 0.15) is 31.2 Å². The molecule has 0 heterocycles. The second-order valence-electron chi connectivity index (χ2n) is 5.54. The Balaban J connectivity index is 2.19. The van der Waals surface area contributed by atoms with Gasteiger partial charge in [-0.05, 0) is 18.9 Å². The minimum absolute atomic E-state index is 0.138. The molecule has 1 aromatic rings. The zero-order valence-corrected chi connectivity index (χ0v) is 12.5. The van der Waals surface area contributed by atoms with Crippen molar-refractivity contribution < 1.29 is 23.8 Å². The molecule has 0 aliphatic heterocycles. The first-order valence-corrected chi connectivity index (χ1v) is 7.30. The van der Waals surface area contributed by atoms with Crippen molar-refractivity contribution >= 4 is 11.9 Å². The highest BCUT2D eigenvalue weighted by Gasteiger charge is 2.44. The SMILES string of the molecule is COC(CNC(=O)C1(c2ccccc2F)CCCC1)C(=O)O. The van der Waals surface area contributed by atoms with Gasteiger partial charge in [0.15, 0.2) is 6.10 Å². The van der Waals surface area contributed by atoms with E-state index in [1.54, 1.807) is 18.2 Å². The zero-order valence-electron chi connectivity index (χ0n) is 12.5. The lowest BCUT2D eigenvalue weighted by Crippen LogP contribution is -2.47. The lowest BCUT2D eigenvalue weighted by Gasteiger charge is -2.29. The number of benzene rings is 1. The predicted molar refractivity (Wildman–Crippen MR) is 78.0 cm³/mol. The topological polar surface area (TPSA) is 75.6 Å². The molecule has 120 valence electrons. The van der Waals surface area contributed by atoms with E-state index in [1.807, 2.05) is 0 Å². The number of carboxylic acids is 1. The molecule has 0 aromatic heterocycles. The molecule has 1 fully saturated rings. The highest BCUT2D eigenvalue weighted by Crippen LogP contribution is 2.42. The van der Waals surface area contributed by atoms with Gasteiger partial charge in [0.2, 0.25) is 5.91 Å². The molecular formula is C16H20FNO4. The van der Waals surface area contributed by atoms with Crippen LogP contribution in [0.3, 0.4) is 0 Å². The summed E-state index contributed by atoms with van der Waals surface area (Å²) in [7, 11) is 1.27. The molecule has 0 bridgehead atoms. The highest BCUT2D eigenvalue weighted by molar-refractivity contribution is 5.89. The van der Waals surface area contributed by atoms with Crippen LogP contribution in [0.2, 0.25) is 0 Å². The molecule has 0 spiro atoms. The van der Waals surface area contributed by atoms with Gasteiger partial charge in [-0.3, -0.25) is 4.79 Å². The van der Waals surface area contributed by atoms with Crippen LogP contribution in [0.15, 0.2) is 24.3 Å². The van der Waals surface area contributed by atoms with Crippen molar-refractivity contribution in [2.75, 3.05) is 13.7 Å². The number of hydrogen-bond acceptors (Lipinski definition) is 3. The molecular weight excluding hydrogens is 289 g/mol. The monoisotopic (exact) mass is 309 g/mol. The van der Waals surface area contributed by atoms with Crippen LogP contribution in [0.25, 0.3) is 0 Å². The third-order valence-corrected chi connectivity index (χ3v) is 4.29. The Morgan fingerprint density at radius 3 is 2.55 bits per heavy atom. The van der Waals surface area contributed by atoms with Crippen molar-refractivity contribution in [3.63, 3.8) is 0 Å². The van der Waals surface area contributed by atoms with Crippen molar-refractivity contribution in [2.45, 2.75) is 37.2 Å². The van der Waals surface area contributed by atoms with Crippen LogP contribution in [0, 0.1) is 5.82 Å². The van der Waals surface area contributed by atoms with E-state index in [9.17, 15) is 14.0 Å². The predicted octanol–water partition coefficient (Wildman–Crippen LogP) is 1.85. The van der Waals surface area contributed by atoms with Crippen LogP contribution >= 0.6 is 0 Å². The summed E-state index contributed by atoms with van der Waals surface area (Å²) in [4.78, 5) is 23.6. The summed E-state index contributed by atoms with van der Waals surface area (Å²) in [6.45, 7) is -0.138. The summed E-state index contributed by atoms with van der Waals surface area (Å²) in [5.74, 6) is -1.88. The number of halogens is 1. The van der Waals surface area contributed by atoms with Gasteiger partial charge >= 0.3 is 5.97 Å². The smallest absolute Gasteiger partial charge is 0.334 e. The Morgan fingerprint density at radius 2 is 2.00 bits per heavy atom. The highest BCUT2D eigenvalue weighted by atomic mass is 19.1. The molecule has 22 heavy (non-hydrogen) atoms. The number of nitrogens with one attached hydrogen (secondary N) is 1. The average molecular weight is 309 g/mol. The molecule has 0 radical (unpaired) electrons. The van der Waals surface area contributed by atoms with Gasteiger partial charge in [0.05, 0.1) is 12.0 Å². The van der Waals surface area contributed by atoms with E-state index in [2.05, 4.69) is 5.32 Å². The Bertz CT molecular complexity index is 555. The number of ether oxygens (including phenoxy) is 1. The molecule has 1 unspecified atom stereocenters. The molecule has 2 N–H and O–H groups in total. The van der Waals surface area contributed by atoms with E-state index in [4.69, 9.17) is 9.84 Å². The summed E-state index contributed by atoms with van der Waals surface area (Å²) >= 11 is 0. The maximum Gasteiger partial charge on any atom is 0.334 e. The summed E-state index contributed by atoms with van der Waals surface area (Å²) in [5, 5.41) is 11.6. The van der Waals surface area contributed by atoms with E-state index in [0.29, 0.717) is 18.4 Å². The van der Waals surface area contributed by atoms with E-state index >= 15 is 0 Å². The first kappa shape index (κ1) is 16.4. The quantitative estimate of drug-likeness (QED) is 0.841. The number of amides is 1. The summed E-state index contributed by atoms with van der Waals surface area (Å²) in [5.41, 5.74) is -0.531. The average Bonchev–Trinajstić information content (AvgIpc) is 2.98. The van der Waals surface area contributed by atoms with Crippen molar-refractivity contribution in [2.24, 2.45) is 0 Å². The van der Waals surface area contributed by atoms with Crippen molar-refractivity contribution in [3.8, 4) is 0 Å². The van der Waals surface area contributed by atoms with Gasteiger partial charge in [0.1, 0.15) is 5.82 Å². The van der Waals surface area contributed by atoms with Gasteiger partial charge < -0.3 is 15.2 Å². The molecule has 1 aliphatic rings. The normalized spacial score (nSPS) is 17.9. The minimum Gasteiger partial charge on any atom is -0.479 e. The lowest BCUT2D eigenvalue weighted by atomic mass is 9.77. The van der Waals surface area contributed by atoms with E-state index < -0.39 is 23.3 Å². The van der Waals surface area contributed by atoms with Crippen LogP contribution in [0.4, 0.5) is 4.39 Å². The Kier molecular flexibility index (Phi) is 5.13. The number of carbonyl (C=O) groups excluding carboxylic acids is 1. The number of carbonyl (C=O) groups is 2. The first-order valence-electron chi connectivity index (χ1n) is 7.30. The van der Waals surface area contributed by atoms with Crippen LogP contribution in [-0.4, -0.2) is 36.7 Å². The lowest BCUT2D eigenvalue weighted by molar-refractivity contribution is -0.148. The second-order valence-corrected chi connectivity index (χ2v) is 5.54. The van der Waals surface area contributed by atoms with Crippen molar-refractivity contribution in [1.29, 1.82) is 0 Å². The van der Waals surface area contributed by atoms with E-state index in [1.165, 1.54) is 13.2 Å². The fourth-order valence-electron chi connectivity index (χ4n) is 3.07. The minimum atomic E-state index is -1.14. The summed E-state index contributed by atoms with van der Waals surface area (Å²) in [6, 6.07) is 6.27. The number of carboxylic acid groups (broad SMARTS) is 1. The molecule has 1 amide bonds. The van der Waals surface area contributed by atoms with Gasteiger partial charge in [0.25, 0.3) is 0 Å². The zero-order chi connectivity index (χ0) is 16.2.